The quantitative estimate of drug-likeness (QED) is 0.847. The zero-order valence-corrected chi connectivity index (χ0v) is 13.6. The van der Waals surface area contributed by atoms with Gasteiger partial charge in [0.2, 0.25) is 0 Å². The summed E-state index contributed by atoms with van der Waals surface area (Å²) in [5.74, 6) is 0.636. The summed E-state index contributed by atoms with van der Waals surface area (Å²) in [6.07, 6.45) is 7.29. The number of aromatic nitrogens is 2. The molecule has 1 heterocycles. The minimum atomic E-state index is -0.722. The van der Waals surface area contributed by atoms with Crippen molar-refractivity contribution in [3.63, 3.8) is 0 Å². The van der Waals surface area contributed by atoms with Gasteiger partial charge in [0, 0.05) is 13.2 Å². The molecule has 1 aliphatic rings. The fourth-order valence-electron chi connectivity index (χ4n) is 3.35. The lowest BCUT2D eigenvalue weighted by Crippen LogP contribution is -2.39. The van der Waals surface area contributed by atoms with Crippen LogP contribution in [0, 0.1) is 0 Å². The van der Waals surface area contributed by atoms with E-state index in [9.17, 15) is 5.11 Å². The molecule has 0 spiro atoms. The molecule has 0 saturated heterocycles. The summed E-state index contributed by atoms with van der Waals surface area (Å²) in [5.41, 5.74) is 0.201. The van der Waals surface area contributed by atoms with Crippen molar-refractivity contribution >= 4 is 0 Å². The molecule has 1 aliphatic carbocycles. The van der Waals surface area contributed by atoms with Gasteiger partial charge in [-0.05, 0) is 26.7 Å². The van der Waals surface area contributed by atoms with E-state index in [-0.39, 0.29) is 6.04 Å². The molecule has 0 amide bonds. The molecule has 1 aromatic rings. The largest absolute Gasteiger partial charge is 0.493 e. The van der Waals surface area contributed by atoms with Crippen molar-refractivity contribution in [3.05, 3.63) is 11.9 Å². The molecule has 1 unspecified atom stereocenters. The smallest absolute Gasteiger partial charge is 0.162 e. The van der Waals surface area contributed by atoms with Gasteiger partial charge in [0.15, 0.2) is 5.75 Å². The number of aliphatic hydroxyl groups is 1. The monoisotopic (exact) mass is 296 g/mol. The molecule has 0 radical (unpaired) electrons. The lowest BCUT2D eigenvalue weighted by Gasteiger charge is -2.36. The molecule has 120 valence electrons. The molecule has 1 atom stereocenters. The van der Waals surface area contributed by atoms with Crippen LogP contribution in [0.25, 0.3) is 0 Å². The molecule has 1 fully saturated rings. The van der Waals surface area contributed by atoms with Gasteiger partial charge in [-0.2, -0.15) is 5.10 Å². The van der Waals surface area contributed by atoms with Crippen LogP contribution < -0.4 is 4.74 Å². The van der Waals surface area contributed by atoms with Gasteiger partial charge in [-0.3, -0.25) is 4.68 Å². The highest BCUT2D eigenvalue weighted by Gasteiger charge is 2.42. The summed E-state index contributed by atoms with van der Waals surface area (Å²) in [5, 5.41) is 15.5. The van der Waals surface area contributed by atoms with E-state index in [2.05, 4.69) is 18.9 Å². The maximum Gasteiger partial charge on any atom is 0.162 e. The molecule has 1 saturated carbocycles. The van der Waals surface area contributed by atoms with Crippen LogP contribution >= 0.6 is 0 Å². The molecule has 5 heteroatoms. The fourth-order valence-corrected chi connectivity index (χ4v) is 3.35. The van der Waals surface area contributed by atoms with Gasteiger partial charge in [-0.15, -0.1) is 0 Å². The highest BCUT2D eigenvalue weighted by atomic mass is 16.5. The van der Waals surface area contributed by atoms with Crippen molar-refractivity contribution in [2.75, 3.05) is 14.2 Å². The SMILES string of the molecule is COc1cnn(C(C)C)c1C(O)C1(OC)CCCCCC1. The molecule has 0 aromatic carbocycles. The minimum Gasteiger partial charge on any atom is -0.493 e. The molecular weight excluding hydrogens is 268 g/mol. The number of ether oxygens (including phenoxy) is 2. The molecule has 21 heavy (non-hydrogen) atoms. The summed E-state index contributed by atoms with van der Waals surface area (Å²) in [7, 11) is 3.32. The molecule has 0 aliphatic heterocycles. The molecule has 2 rings (SSSR count). The van der Waals surface area contributed by atoms with Crippen molar-refractivity contribution in [1.29, 1.82) is 0 Å². The van der Waals surface area contributed by atoms with Gasteiger partial charge in [0.25, 0.3) is 0 Å². The maximum absolute atomic E-state index is 11.1. The van der Waals surface area contributed by atoms with Gasteiger partial charge in [0.1, 0.15) is 11.8 Å². The minimum absolute atomic E-state index is 0.165. The highest BCUT2D eigenvalue weighted by molar-refractivity contribution is 5.30. The molecule has 1 aromatic heterocycles. The van der Waals surface area contributed by atoms with Crippen molar-refractivity contribution in [2.45, 2.75) is 70.1 Å². The van der Waals surface area contributed by atoms with E-state index in [1.54, 1.807) is 20.4 Å². The van der Waals surface area contributed by atoms with Crippen LogP contribution in [0.5, 0.6) is 5.75 Å². The topological polar surface area (TPSA) is 56.5 Å². The summed E-state index contributed by atoms with van der Waals surface area (Å²) in [4.78, 5) is 0. The van der Waals surface area contributed by atoms with Crippen LogP contribution in [0.3, 0.4) is 0 Å². The molecule has 0 bridgehead atoms. The third kappa shape index (κ3) is 3.09. The van der Waals surface area contributed by atoms with Gasteiger partial charge < -0.3 is 14.6 Å². The third-order valence-electron chi connectivity index (χ3n) is 4.62. The second-order valence-corrected chi connectivity index (χ2v) is 6.22. The maximum atomic E-state index is 11.1. The Labute approximate surface area is 127 Å². The van der Waals surface area contributed by atoms with Gasteiger partial charge >= 0.3 is 0 Å². The Morgan fingerprint density at radius 3 is 2.29 bits per heavy atom. The van der Waals surface area contributed by atoms with E-state index >= 15 is 0 Å². The Morgan fingerprint density at radius 1 is 1.19 bits per heavy atom. The Bertz CT molecular complexity index is 448. The van der Waals surface area contributed by atoms with Crippen LogP contribution in [0.4, 0.5) is 0 Å². The van der Waals surface area contributed by atoms with E-state index in [1.165, 1.54) is 12.8 Å². The second-order valence-electron chi connectivity index (χ2n) is 6.22. The van der Waals surface area contributed by atoms with E-state index in [0.29, 0.717) is 5.75 Å². The molecular formula is C16H28N2O3. The lowest BCUT2D eigenvalue weighted by molar-refractivity contribution is -0.117. The first kappa shape index (κ1) is 16.3. The fraction of sp³-hybridized carbons (Fsp3) is 0.812. The van der Waals surface area contributed by atoms with Crippen LogP contribution in [-0.4, -0.2) is 34.7 Å². The summed E-state index contributed by atoms with van der Waals surface area (Å²) in [6.45, 7) is 4.10. The van der Waals surface area contributed by atoms with Crippen molar-refractivity contribution in [2.24, 2.45) is 0 Å². The number of hydrogen-bond acceptors (Lipinski definition) is 4. The predicted octanol–water partition coefficient (Wildman–Crippen LogP) is 3.25. The first-order chi connectivity index (χ1) is 10.1. The predicted molar refractivity (Wildman–Crippen MR) is 81.6 cm³/mol. The Morgan fingerprint density at radius 2 is 1.81 bits per heavy atom. The standard InChI is InChI=1S/C16H28N2O3/c1-12(2)18-14(13(20-3)11-17-18)15(19)16(21-4)9-7-5-6-8-10-16/h11-12,15,19H,5-10H2,1-4H3. The Hall–Kier alpha value is -1.07. The first-order valence-corrected chi connectivity index (χ1v) is 7.90. The molecule has 5 nitrogen and oxygen atoms in total. The zero-order chi connectivity index (χ0) is 15.5. The van der Waals surface area contributed by atoms with Gasteiger partial charge in [-0.1, -0.05) is 25.7 Å². The normalized spacial score (nSPS) is 20.3. The third-order valence-corrected chi connectivity index (χ3v) is 4.62. The average molecular weight is 296 g/mol. The van der Waals surface area contributed by atoms with Gasteiger partial charge in [0.05, 0.1) is 18.9 Å². The van der Waals surface area contributed by atoms with Crippen molar-refractivity contribution in [1.82, 2.24) is 9.78 Å². The lowest BCUT2D eigenvalue weighted by atomic mass is 9.86. The Kier molecular flexibility index (Phi) is 5.27. The number of nitrogens with zero attached hydrogens (tertiary/aromatic N) is 2. The second kappa shape index (κ2) is 6.79. The number of hydrogen-bond donors (Lipinski definition) is 1. The first-order valence-electron chi connectivity index (χ1n) is 7.90. The number of aliphatic hydroxyl groups excluding tert-OH is 1. The average Bonchev–Trinajstić information content (AvgIpc) is 2.77. The van der Waals surface area contributed by atoms with Crippen LogP contribution in [0.2, 0.25) is 0 Å². The number of rotatable bonds is 5. The van der Waals surface area contributed by atoms with Crippen LogP contribution in [0.1, 0.15) is 70.2 Å². The van der Waals surface area contributed by atoms with E-state index < -0.39 is 11.7 Å². The highest BCUT2D eigenvalue weighted by Crippen LogP contribution is 2.43. The Balaban J connectivity index is 2.40. The summed E-state index contributed by atoms with van der Waals surface area (Å²) < 4.78 is 13.1. The molecule has 1 N–H and O–H groups in total. The van der Waals surface area contributed by atoms with E-state index in [1.807, 2.05) is 4.68 Å². The van der Waals surface area contributed by atoms with E-state index in [4.69, 9.17) is 9.47 Å². The summed E-state index contributed by atoms with van der Waals surface area (Å²) >= 11 is 0. The van der Waals surface area contributed by atoms with Crippen molar-refractivity contribution < 1.29 is 14.6 Å². The van der Waals surface area contributed by atoms with Crippen molar-refractivity contribution in [3.8, 4) is 5.75 Å². The van der Waals surface area contributed by atoms with Crippen LogP contribution in [0.15, 0.2) is 6.20 Å². The zero-order valence-electron chi connectivity index (χ0n) is 13.6. The van der Waals surface area contributed by atoms with Crippen LogP contribution in [-0.2, 0) is 4.74 Å². The number of methoxy groups -OCH3 is 2. The van der Waals surface area contributed by atoms with E-state index in [0.717, 1.165) is 31.4 Å². The summed E-state index contributed by atoms with van der Waals surface area (Å²) in [6, 6.07) is 0.165. The van der Waals surface area contributed by atoms with Gasteiger partial charge in [-0.25, -0.2) is 0 Å².